The van der Waals surface area contributed by atoms with Crippen LogP contribution < -0.4 is 24.3 Å². The van der Waals surface area contributed by atoms with Crippen LogP contribution >= 0.6 is 0 Å². The molecule has 2 aromatic carbocycles. The number of aryl methyl sites for hydroxylation is 2. The topological polar surface area (TPSA) is 92.1 Å². The molecule has 0 aliphatic heterocycles. The molecule has 3 rings (SSSR count). The number of methoxy groups -OCH3 is 1. The molecule has 1 aromatic heterocycles. The van der Waals surface area contributed by atoms with Crippen molar-refractivity contribution in [3.8, 4) is 23.0 Å². The molecule has 8 nitrogen and oxygen atoms in total. The minimum absolute atomic E-state index is 0.278. The third-order valence-electron chi connectivity index (χ3n) is 5.10. The number of nitrogens with zero attached hydrogens (tertiary/aromatic N) is 1. The zero-order valence-electron chi connectivity index (χ0n) is 20.4. The van der Waals surface area contributed by atoms with Crippen LogP contribution in [0.4, 0.5) is 5.69 Å². The van der Waals surface area contributed by atoms with Gasteiger partial charge >= 0.3 is 0 Å². The van der Waals surface area contributed by atoms with E-state index in [-0.39, 0.29) is 12.5 Å². The molecule has 0 radical (unpaired) electrons. The van der Waals surface area contributed by atoms with Crippen molar-refractivity contribution in [3.05, 3.63) is 59.0 Å². The average molecular weight is 469 g/mol. The molecule has 182 valence electrons. The number of benzene rings is 2. The van der Waals surface area contributed by atoms with Gasteiger partial charge in [-0.25, -0.2) is 0 Å². The Morgan fingerprint density at radius 3 is 2.24 bits per heavy atom. The van der Waals surface area contributed by atoms with Crippen LogP contribution in [0, 0.1) is 13.8 Å². The summed E-state index contributed by atoms with van der Waals surface area (Å²) in [4.78, 5) is 12.9. The summed E-state index contributed by atoms with van der Waals surface area (Å²) < 4.78 is 28.1. The third kappa shape index (κ3) is 6.21. The van der Waals surface area contributed by atoms with Crippen molar-refractivity contribution in [1.29, 1.82) is 0 Å². The van der Waals surface area contributed by atoms with Gasteiger partial charge in [-0.3, -0.25) is 4.79 Å². The summed E-state index contributed by atoms with van der Waals surface area (Å²) in [7, 11) is 1.53. The lowest BCUT2D eigenvalue weighted by atomic mass is 10.1. The van der Waals surface area contributed by atoms with E-state index in [1.54, 1.807) is 30.3 Å². The lowest BCUT2D eigenvalue weighted by Crippen LogP contribution is -2.12. The number of hydrogen-bond donors (Lipinski definition) is 1. The van der Waals surface area contributed by atoms with Crippen molar-refractivity contribution in [2.24, 2.45) is 0 Å². The second-order valence-corrected chi connectivity index (χ2v) is 7.77. The van der Waals surface area contributed by atoms with Gasteiger partial charge in [0.1, 0.15) is 12.4 Å². The summed E-state index contributed by atoms with van der Waals surface area (Å²) >= 11 is 0. The van der Waals surface area contributed by atoms with Crippen molar-refractivity contribution in [3.63, 3.8) is 0 Å². The molecule has 0 aliphatic rings. The minimum Gasteiger partial charge on any atom is -0.493 e. The first-order chi connectivity index (χ1) is 16.5. The van der Waals surface area contributed by atoms with Crippen LogP contribution in [0.2, 0.25) is 0 Å². The maximum atomic E-state index is 12.9. The summed E-state index contributed by atoms with van der Waals surface area (Å²) in [5.41, 5.74) is 2.71. The Bertz CT molecular complexity index is 1090. The molecule has 0 saturated carbocycles. The minimum atomic E-state index is -0.278. The Morgan fingerprint density at radius 1 is 0.912 bits per heavy atom. The molecule has 0 spiro atoms. The summed E-state index contributed by atoms with van der Waals surface area (Å²) in [5, 5.41) is 6.84. The standard InChI is InChI=1S/C26H32N2O6/c1-6-12-31-23-11-9-20(15-25(23)32-13-7-2)27-26(29)19-8-10-22(24(14-19)30-5)33-16-21-17(3)28-34-18(21)4/h8-11,14-15H,6-7,12-13,16H2,1-5H3,(H,27,29). The van der Waals surface area contributed by atoms with E-state index in [0.29, 0.717) is 53.2 Å². The Hall–Kier alpha value is -3.68. The zero-order chi connectivity index (χ0) is 24.5. The molecule has 0 aliphatic carbocycles. The largest absolute Gasteiger partial charge is 0.493 e. The molecule has 1 heterocycles. The maximum Gasteiger partial charge on any atom is 0.255 e. The van der Waals surface area contributed by atoms with E-state index in [0.717, 1.165) is 24.1 Å². The van der Waals surface area contributed by atoms with Gasteiger partial charge in [-0.2, -0.15) is 0 Å². The van der Waals surface area contributed by atoms with E-state index in [1.807, 2.05) is 33.8 Å². The molecular weight excluding hydrogens is 436 g/mol. The van der Waals surface area contributed by atoms with Crippen LogP contribution in [-0.4, -0.2) is 31.4 Å². The number of hydrogen-bond acceptors (Lipinski definition) is 7. The number of anilines is 1. The lowest BCUT2D eigenvalue weighted by Gasteiger charge is -2.15. The number of nitrogens with one attached hydrogen (secondary N) is 1. The number of rotatable bonds is 12. The molecule has 1 N–H and O–H groups in total. The van der Waals surface area contributed by atoms with Gasteiger partial charge in [0.15, 0.2) is 23.0 Å². The molecule has 0 bridgehead atoms. The second-order valence-electron chi connectivity index (χ2n) is 7.77. The summed E-state index contributed by atoms with van der Waals surface area (Å²) in [6.07, 6.45) is 1.76. The van der Waals surface area contributed by atoms with E-state index in [1.165, 1.54) is 7.11 Å². The normalized spacial score (nSPS) is 10.6. The molecule has 1 amide bonds. The summed E-state index contributed by atoms with van der Waals surface area (Å²) in [6.45, 7) is 9.22. The van der Waals surface area contributed by atoms with Crippen molar-refractivity contribution < 1.29 is 28.3 Å². The highest BCUT2D eigenvalue weighted by atomic mass is 16.5. The zero-order valence-corrected chi connectivity index (χ0v) is 20.4. The van der Waals surface area contributed by atoms with Crippen molar-refractivity contribution >= 4 is 11.6 Å². The highest BCUT2D eigenvalue weighted by molar-refractivity contribution is 6.04. The lowest BCUT2D eigenvalue weighted by molar-refractivity contribution is 0.102. The van der Waals surface area contributed by atoms with Gasteiger partial charge in [-0.05, 0) is 57.0 Å². The van der Waals surface area contributed by atoms with Crippen LogP contribution in [0.15, 0.2) is 40.9 Å². The average Bonchev–Trinajstić information content (AvgIpc) is 3.17. The number of carbonyl (C=O) groups is 1. The number of carbonyl (C=O) groups excluding carboxylic acids is 1. The molecule has 0 saturated heterocycles. The van der Waals surface area contributed by atoms with Crippen LogP contribution in [0.5, 0.6) is 23.0 Å². The summed E-state index contributed by atoms with van der Waals surface area (Å²) in [5.74, 6) is 2.67. The quantitative estimate of drug-likeness (QED) is 0.364. The number of ether oxygens (including phenoxy) is 4. The van der Waals surface area contributed by atoms with E-state index in [4.69, 9.17) is 23.5 Å². The molecular formula is C26H32N2O6. The van der Waals surface area contributed by atoms with Crippen LogP contribution in [0.1, 0.15) is 54.1 Å². The summed E-state index contributed by atoms with van der Waals surface area (Å²) in [6, 6.07) is 10.4. The van der Waals surface area contributed by atoms with Gasteiger partial charge in [0.2, 0.25) is 0 Å². The smallest absolute Gasteiger partial charge is 0.255 e. The maximum absolute atomic E-state index is 12.9. The van der Waals surface area contributed by atoms with Gasteiger partial charge in [0, 0.05) is 17.3 Å². The van der Waals surface area contributed by atoms with E-state index in [2.05, 4.69) is 10.5 Å². The van der Waals surface area contributed by atoms with E-state index < -0.39 is 0 Å². The molecule has 0 atom stereocenters. The molecule has 8 heteroatoms. The predicted molar refractivity (Wildman–Crippen MR) is 129 cm³/mol. The van der Waals surface area contributed by atoms with E-state index >= 15 is 0 Å². The first-order valence-corrected chi connectivity index (χ1v) is 11.4. The first kappa shape index (κ1) is 25.0. The fourth-order valence-electron chi connectivity index (χ4n) is 3.23. The number of aromatic nitrogens is 1. The third-order valence-corrected chi connectivity index (χ3v) is 5.10. The highest BCUT2D eigenvalue weighted by Crippen LogP contribution is 2.32. The van der Waals surface area contributed by atoms with Crippen molar-refractivity contribution in [1.82, 2.24) is 5.16 Å². The van der Waals surface area contributed by atoms with Gasteiger partial charge in [0.05, 0.1) is 31.6 Å². The molecule has 0 unspecified atom stereocenters. The van der Waals surface area contributed by atoms with E-state index in [9.17, 15) is 4.79 Å². The van der Waals surface area contributed by atoms with Crippen LogP contribution in [0.3, 0.4) is 0 Å². The van der Waals surface area contributed by atoms with Gasteiger partial charge in [-0.1, -0.05) is 19.0 Å². The van der Waals surface area contributed by atoms with Gasteiger partial charge in [-0.15, -0.1) is 0 Å². The Balaban J connectivity index is 1.72. The number of amides is 1. The Labute approximate surface area is 200 Å². The fourth-order valence-corrected chi connectivity index (χ4v) is 3.23. The second kappa shape index (κ2) is 12.0. The van der Waals surface area contributed by atoms with Crippen molar-refractivity contribution in [2.45, 2.75) is 47.1 Å². The Morgan fingerprint density at radius 2 is 1.59 bits per heavy atom. The fraction of sp³-hybridized carbons (Fsp3) is 0.385. The molecule has 34 heavy (non-hydrogen) atoms. The SMILES string of the molecule is CCCOc1ccc(NC(=O)c2ccc(OCc3c(C)noc3C)c(OC)c2)cc1OCCC. The van der Waals surface area contributed by atoms with Gasteiger partial charge in [0.25, 0.3) is 5.91 Å². The van der Waals surface area contributed by atoms with Crippen LogP contribution in [0.25, 0.3) is 0 Å². The predicted octanol–water partition coefficient (Wildman–Crippen LogP) is 5.71. The van der Waals surface area contributed by atoms with Gasteiger partial charge < -0.3 is 28.8 Å². The van der Waals surface area contributed by atoms with Crippen molar-refractivity contribution in [2.75, 3.05) is 25.6 Å². The molecule has 3 aromatic rings. The van der Waals surface area contributed by atoms with Crippen LogP contribution in [-0.2, 0) is 6.61 Å². The highest BCUT2D eigenvalue weighted by Gasteiger charge is 2.15. The molecule has 0 fully saturated rings. The first-order valence-electron chi connectivity index (χ1n) is 11.4. The monoisotopic (exact) mass is 468 g/mol. The Kier molecular flexibility index (Phi) is 8.79.